The lowest BCUT2D eigenvalue weighted by Gasteiger charge is -2.36. The van der Waals surface area contributed by atoms with Crippen LogP contribution < -0.4 is 22.1 Å². The highest BCUT2D eigenvalue weighted by atomic mass is 16.4. The highest BCUT2D eigenvalue weighted by Gasteiger charge is 2.26. The van der Waals surface area contributed by atoms with Crippen LogP contribution in [0.1, 0.15) is 36.0 Å². The fourth-order valence-corrected chi connectivity index (χ4v) is 3.04. The molecule has 1 aromatic rings. The number of anilines is 2. The molecule has 0 unspecified atom stereocenters. The van der Waals surface area contributed by atoms with E-state index in [-0.39, 0.29) is 11.6 Å². The highest BCUT2D eigenvalue weighted by Crippen LogP contribution is 2.33. The Bertz CT molecular complexity index is 615. The average molecular weight is 319 g/mol. The molecule has 0 heterocycles. The van der Waals surface area contributed by atoms with Gasteiger partial charge in [-0.15, -0.1) is 0 Å². The van der Waals surface area contributed by atoms with Crippen LogP contribution in [0.25, 0.3) is 10.4 Å². The van der Waals surface area contributed by atoms with Crippen molar-refractivity contribution >= 4 is 17.3 Å². The number of hydrogen-bond donors (Lipinski definition) is 4. The van der Waals surface area contributed by atoms with Crippen molar-refractivity contribution in [3.63, 3.8) is 0 Å². The highest BCUT2D eigenvalue weighted by molar-refractivity contribution is 5.90. The lowest BCUT2D eigenvalue weighted by atomic mass is 9.85. The number of carbonyl (C=O) groups is 1. The minimum atomic E-state index is -1.02. The third kappa shape index (κ3) is 4.04. The Labute approximate surface area is 133 Å². The second-order valence-electron chi connectivity index (χ2n) is 5.69. The first-order chi connectivity index (χ1) is 11.1. The zero-order valence-electron chi connectivity index (χ0n) is 12.7. The van der Waals surface area contributed by atoms with Gasteiger partial charge in [0.25, 0.3) is 0 Å². The number of rotatable bonds is 6. The molecule has 0 radical (unpaired) electrons. The Balaban J connectivity index is 2.17. The minimum Gasteiger partial charge on any atom is -0.478 e. The van der Waals surface area contributed by atoms with E-state index >= 15 is 0 Å². The van der Waals surface area contributed by atoms with Crippen LogP contribution in [0.5, 0.6) is 0 Å². The van der Waals surface area contributed by atoms with Crippen LogP contribution in [-0.2, 0) is 0 Å². The topological polar surface area (TPSA) is 153 Å². The molecule has 0 aliphatic heterocycles. The molecule has 2 rings (SSSR count). The van der Waals surface area contributed by atoms with Gasteiger partial charge in [0.1, 0.15) is 0 Å². The lowest BCUT2D eigenvalue weighted by Crippen LogP contribution is -2.44. The summed E-state index contributed by atoms with van der Waals surface area (Å²) in [6.45, 7) is 0.473. The van der Waals surface area contributed by atoms with Crippen molar-refractivity contribution < 1.29 is 9.90 Å². The van der Waals surface area contributed by atoms with Gasteiger partial charge in [-0.2, -0.15) is 0 Å². The molecule has 1 saturated carbocycles. The van der Waals surface area contributed by atoms with Crippen LogP contribution in [0.2, 0.25) is 0 Å². The number of hydrazine groups is 2. The zero-order chi connectivity index (χ0) is 16.8. The molecule has 0 spiro atoms. The molecule has 124 valence electrons. The fourth-order valence-electron chi connectivity index (χ4n) is 3.04. The van der Waals surface area contributed by atoms with Crippen LogP contribution in [0.15, 0.2) is 23.3 Å². The Morgan fingerprint density at radius 3 is 2.96 bits per heavy atom. The van der Waals surface area contributed by atoms with E-state index in [0.29, 0.717) is 23.8 Å². The molecule has 1 aromatic carbocycles. The first-order valence-electron chi connectivity index (χ1n) is 7.45. The SMILES string of the molecule is [N-]=[N+]=NC[C@@H]1CCC[C@H](N(N)c2ccc(C(=O)O)cc2NN)C1. The minimum absolute atomic E-state index is 0.0884. The maximum absolute atomic E-state index is 11.0. The van der Waals surface area contributed by atoms with E-state index in [4.69, 9.17) is 22.3 Å². The van der Waals surface area contributed by atoms with Gasteiger partial charge >= 0.3 is 5.97 Å². The average Bonchev–Trinajstić information content (AvgIpc) is 2.58. The summed E-state index contributed by atoms with van der Waals surface area (Å²) in [5.74, 6) is 11.0. The normalized spacial score (nSPS) is 20.4. The molecule has 2 atom stereocenters. The molecule has 1 aliphatic carbocycles. The third-order valence-electron chi connectivity index (χ3n) is 4.23. The van der Waals surface area contributed by atoms with Crippen molar-refractivity contribution in [3.8, 4) is 0 Å². The fraction of sp³-hybridized carbons (Fsp3) is 0.500. The second kappa shape index (κ2) is 7.68. The zero-order valence-corrected chi connectivity index (χ0v) is 12.7. The quantitative estimate of drug-likeness (QED) is 0.207. The summed E-state index contributed by atoms with van der Waals surface area (Å²) >= 11 is 0. The van der Waals surface area contributed by atoms with Gasteiger partial charge in [0.2, 0.25) is 0 Å². The van der Waals surface area contributed by atoms with Gasteiger partial charge in [-0.1, -0.05) is 18.0 Å². The van der Waals surface area contributed by atoms with E-state index in [2.05, 4.69) is 15.5 Å². The molecule has 6 N–H and O–H groups in total. The molecule has 9 nitrogen and oxygen atoms in total. The Hall–Kier alpha value is -2.48. The maximum Gasteiger partial charge on any atom is 0.335 e. The summed E-state index contributed by atoms with van der Waals surface area (Å²) in [6.07, 6.45) is 3.76. The smallest absolute Gasteiger partial charge is 0.335 e. The van der Waals surface area contributed by atoms with Crippen LogP contribution in [0.3, 0.4) is 0 Å². The van der Waals surface area contributed by atoms with Crippen molar-refractivity contribution in [1.29, 1.82) is 0 Å². The number of nitrogens with zero attached hydrogens (tertiary/aromatic N) is 4. The molecular formula is C14H21N7O2. The van der Waals surface area contributed by atoms with Crippen LogP contribution in [0.4, 0.5) is 11.4 Å². The molecule has 0 bridgehead atoms. The van der Waals surface area contributed by atoms with E-state index in [1.54, 1.807) is 11.1 Å². The van der Waals surface area contributed by atoms with Crippen molar-refractivity contribution in [2.75, 3.05) is 17.0 Å². The number of hydrogen-bond acceptors (Lipinski definition) is 6. The van der Waals surface area contributed by atoms with Crippen LogP contribution >= 0.6 is 0 Å². The first-order valence-corrected chi connectivity index (χ1v) is 7.45. The lowest BCUT2D eigenvalue weighted by molar-refractivity contribution is 0.0697. The summed E-state index contributed by atoms with van der Waals surface area (Å²) in [5.41, 5.74) is 12.2. The number of carboxylic acid groups (broad SMARTS) is 1. The number of carboxylic acids is 1. The molecule has 23 heavy (non-hydrogen) atoms. The molecule has 1 fully saturated rings. The van der Waals surface area contributed by atoms with Crippen LogP contribution in [0, 0.1) is 5.92 Å². The predicted octanol–water partition coefficient (Wildman–Crippen LogP) is 2.22. The summed E-state index contributed by atoms with van der Waals surface area (Å²) < 4.78 is 0. The Kier molecular flexibility index (Phi) is 5.64. The van der Waals surface area contributed by atoms with Crippen LogP contribution in [-0.4, -0.2) is 23.7 Å². The predicted molar refractivity (Wildman–Crippen MR) is 87.6 cm³/mol. The molecule has 1 aliphatic rings. The second-order valence-corrected chi connectivity index (χ2v) is 5.69. The van der Waals surface area contributed by atoms with Crippen molar-refractivity contribution in [1.82, 2.24) is 0 Å². The van der Waals surface area contributed by atoms with E-state index in [1.165, 1.54) is 12.1 Å². The standard InChI is InChI=1S/C14H21N7O2/c15-19-12-7-10(14(22)23)4-5-13(12)21(17)11-3-1-2-9(6-11)8-18-20-16/h4-5,7,9,11,19H,1-3,6,8,15,17H2,(H,22,23)/t9-,11+/m1/s1. The molecule has 9 heteroatoms. The maximum atomic E-state index is 11.0. The third-order valence-corrected chi connectivity index (χ3v) is 4.23. The number of nitrogen functional groups attached to an aromatic ring is 1. The summed E-state index contributed by atoms with van der Waals surface area (Å²) in [7, 11) is 0. The van der Waals surface area contributed by atoms with Gasteiger partial charge in [0.15, 0.2) is 0 Å². The first kappa shape index (κ1) is 16.9. The van der Waals surface area contributed by atoms with Gasteiger partial charge in [-0.3, -0.25) is 5.84 Å². The molecular weight excluding hydrogens is 298 g/mol. The number of nitrogens with one attached hydrogen (secondary N) is 1. The van der Waals surface area contributed by atoms with Gasteiger partial charge in [-0.05, 0) is 42.5 Å². The number of aromatic carboxylic acids is 1. The monoisotopic (exact) mass is 319 g/mol. The molecule has 0 aromatic heterocycles. The number of nitrogens with two attached hydrogens (primary N) is 2. The molecule has 0 amide bonds. The summed E-state index contributed by atoms with van der Waals surface area (Å²) in [6, 6.07) is 4.69. The van der Waals surface area contributed by atoms with Gasteiger partial charge in [0, 0.05) is 17.5 Å². The van der Waals surface area contributed by atoms with E-state index < -0.39 is 5.97 Å². The van der Waals surface area contributed by atoms with Gasteiger partial charge in [0.05, 0.1) is 16.9 Å². The number of benzene rings is 1. The van der Waals surface area contributed by atoms with Crippen molar-refractivity contribution in [2.24, 2.45) is 22.7 Å². The van der Waals surface area contributed by atoms with E-state index in [0.717, 1.165) is 25.7 Å². The molecule has 0 saturated heterocycles. The van der Waals surface area contributed by atoms with E-state index in [9.17, 15) is 4.79 Å². The summed E-state index contributed by atoms with van der Waals surface area (Å²) in [4.78, 5) is 13.9. The van der Waals surface area contributed by atoms with Crippen molar-refractivity contribution in [3.05, 3.63) is 34.2 Å². The number of azide groups is 1. The van der Waals surface area contributed by atoms with E-state index in [1.807, 2.05) is 0 Å². The largest absolute Gasteiger partial charge is 0.478 e. The Morgan fingerprint density at radius 2 is 2.30 bits per heavy atom. The Morgan fingerprint density at radius 1 is 1.52 bits per heavy atom. The van der Waals surface area contributed by atoms with Gasteiger partial charge in [-0.25, -0.2) is 10.6 Å². The van der Waals surface area contributed by atoms with Gasteiger partial charge < -0.3 is 15.5 Å². The summed E-state index contributed by atoms with van der Waals surface area (Å²) in [5, 5.41) is 14.3. The van der Waals surface area contributed by atoms with Crippen molar-refractivity contribution in [2.45, 2.75) is 31.7 Å².